The standard InChI is InChI=1S/C18H21ClN6O/c1-13(21-6-2-5-20)25-9-7-24(8-10-25)12-17-22-16-11-14(19)3-4-15(16)18(26)23-17/h2-6,11H,1,7-10,12,20H2,(H,22,23,26)/b5-2-,21-6?. The van der Waals surface area contributed by atoms with Gasteiger partial charge in [0.25, 0.3) is 5.56 Å². The van der Waals surface area contributed by atoms with Crippen LogP contribution in [-0.2, 0) is 6.54 Å². The Kier molecular flexibility index (Phi) is 5.70. The molecule has 1 aliphatic heterocycles. The summed E-state index contributed by atoms with van der Waals surface area (Å²) in [6, 6.07) is 5.10. The summed E-state index contributed by atoms with van der Waals surface area (Å²) in [5.41, 5.74) is 5.75. The molecule has 0 saturated carbocycles. The van der Waals surface area contributed by atoms with E-state index in [0.29, 0.717) is 28.3 Å². The topological polar surface area (TPSA) is 90.6 Å². The van der Waals surface area contributed by atoms with Crippen molar-refractivity contribution in [2.45, 2.75) is 6.54 Å². The van der Waals surface area contributed by atoms with Crippen molar-refractivity contribution in [2.24, 2.45) is 10.7 Å². The number of benzene rings is 1. The summed E-state index contributed by atoms with van der Waals surface area (Å²) in [6.07, 6.45) is 4.72. The summed E-state index contributed by atoms with van der Waals surface area (Å²) >= 11 is 6.01. The summed E-state index contributed by atoms with van der Waals surface area (Å²) in [5.74, 6) is 1.36. The maximum absolute atomic E-state index is 12.2. The minimum absolute atomic E-state index is 0.143. The van der Waals surface area contributed by atoms with Crippen molar-refractivity contribution in [3.63, 3.8) is 0 Å². The first-order chi connectivity index (χ1) is 12.6. The number of aromatic nitrogens is 2. The van der Waals surface area contributed by atoms with Crippen LogP contribution in [0, 0.1) is 0 Å². The SMILES string of the molecule is C=C(N=C/C=C\N)N1CCN(Cc2nc3cc(Cl)ccc3c(=O)[nH]2)CC1. The predicted molar refractivity (Wildman–Crippen MR) is 105 cm³/mol. The highest BCUT2D eigenvalue weighted by molar-refractivity contribution is 6.31. The number of nitrogens with two attached hydrogens (primary N) is 1. The minimum atomic E-state index is -0.143. The largest absolute Gasteiger partial charge is 0.405 e. The second-order valence-electron chi connectivity index (χ2n) is 6.02. The van der Waals surface area contributed by atoms with Crippen LogP contribution < -0.4 is 11.3 Å². The number of nitrogens with one attached hydrogen (secondary N) is 1. The highest BCUT2D eigenvalue weighted by Crippen LogP contribution is 2.15. The number of hydrogen-bond donors (Lipinski definition) is 2. The van der Waals surface area contributed by atoms with E-state index >= 15 is 0 Å². The maximum Gasteiger partial charge on any atom is 0.258 e. The van der Waals surface area contributed by atoms with E-state index in [4.69, 9.17) is 17.3 Å². The van der Waals surface area contributed by atoms with Gasteiger partial charge in [0.15, 0.2) is 0 Å². The molecule has 2 aromatic rings. The van der Waals surface area contributed by atoms with Crippen molar-refractivity contribution in [3.05, 3.63) is 64.1 Å². The molecule has 3 N–H and O–H groups in total. The lowest BCUT2D eigenvalue weighted by atomic mass is 10.2. The van der Waals surface area contributed by atoms with E-state index in [1.807, 2.05) is 0 Å². The van der Waals surface area contributed by atoms with Gasteiger partial charge in [0.1, 0.15) is 11.6 Å². The zero-order chi connectivity index (χ0) is 18.5. The number of piperazine rings is 1. The molecule has 0 atom stereocenters. The minimum Gasteiger partial charge on any atom is -0.405 e. The number of hydrogen-bond acceptors (Lipinski definition) is 6. The van der Waals surface area contributed by atoms with Crippen LogP contribution in [0.25, 0.3) is 10.9 Å². The highest BCUT2D eigenvalue weighted by Gasteiger charge is 2.18. The molecule has 0 radical (unpaired) electrons. The molecule has 0 amide bonds. The lowest BCUT2D eigenvalue weighted by molar-refractivity contribution is 0.149. The number of aliphatic imine (C=N–C) groups is 1. The molecule has 2 heterocycles. The lowest BCUT2D eigenvalue weighted by Gasteiger charge is -2.35. The second-order valence-corrected chi connectivity index (χ2v) is 6.45. The van der Waals surface area contributed by atoms with Crippen LogP contribution in [0.1, 0.15) is 5.82 Å². The number of nitrogens with zero attached hydrogens (tertiary/aromatic N) is 4. The summed E-state index contributed by atoms with van der Waals surface area (Å²) in [4.78, 5) is 28.2. The van der Waals surface area contributed by atoms with E-state index in [1.165, 1.54) is 6.20 Å². The Morgan fingerprint density at radius 2 is 2.15 bits per heavy atom. The molecule has 1 fully saturated rings. The van der Waals surface area contributed by atoms with Gasteiger partial charge in [-0.25, -0.2) is 9.98 Å². The highest BCUT2D eigenvalue weighted by atomic mass is 35.5. The van der Waals surface area contributed by atoms with Gasteiger partial charge in [0.2, 0.25) is 0 Å². The maximum atomic E-state index is 12.2. The molecular weight excluding hydrogens is 352 g/mol. The van der Waals surface area contributed by atoms with Crippen molar-refractivity contribution in [2.75, 3.05) is 26.2 Å². The first-order valence-electron chi connectivity index (χ1n) is 8.32. The first-order valence-corrected chi connectivity index (χ1v) is 8.70. The van der Waals surface area contributed by atoms with E-state index in [1.54, 1.807) is 30.5 Å². The zero-order valence-electron chi connectivity index (χ0n) is 14.4. The van der Waals surface area contributed by atoms with Crippen LogP contribution in [0.4, 0.5) is 0 Å². The molecule has 1 saturated heterocycles. The van der Waals surface area contributed by atoms with E-state index in [0.717, 1.165) is 32.0 Å². The number of halogens is 1. The number of fused-ring (bicyclic) bond motifs is 1. The van der Waals surface area contributed by atoms with Crippen LogP contribution in [-0.4, -0.2) is 52.2 Å². The van der Waals surface area contributed by atoms with E-state index in [-0.39, 0.29) is 5.56 Å². The molecule has 136 valence electrons. The fourth-order valence-electron chi connectivity index (χ4n) is 2.87. The number of aromatic amines is 1. The molecule has 0 bridgehead atoms. The summed E-state index contributed by atoms with van der Waals surface area (Å²) in [6.45, 7) is 7.84. The van der Waals surface area contributed by atoms with Gasteiger partial charge >= 0.3 is 0 Å². The van der Waals surface area contributed by atoms with Gasteiger partial charge < -0.3 is 15.6 Å². The van der Waals surface area contributed by atoms with E-state index < -0.39 is 0 Å². The van der Waals surface area contributed by atoms with Gasteiger partial charge in [0, 0.05) is 37.4 Å². The van der Waals surface area contributed by atoms with Gasteiger partial charge in [-0.3, -0.25) is 9.69 Å². The molecule has 1 aromatic carbocycles. The van der Waals surface area contributed by atoms with Crippen LogP contribution >= 0.6 is 11.6 Å². The number of allylic oxidation sites excluding steroid dienone is 1. The van der Waals surface area contributed by atoms with Gasteiger partial charge in [-0.1, -0.05) is 18.2 Å². The predicted octanol–water partition coefficient (Wildman–Crippen LogP) is 1.71. The van der Waals surface area contributed by atoms with Crippen molar-refractivity contribution in [1.29, 1.82) is 0 Å². The zero-order valence-corrected chi connectivity index (χ0v) is 15.1. The fourth-order valence-corrected chi connectivity index (χ4v) is 3.04. The Balaban J connectivity index is 1.64. The summed E-state index contributed by atoms with van der Waals surface area (Å²) < 4.78 is 0. The van der Waals surface area contributed by atoms with Crippen molar-refractivity contribution in [3.8, 4) is 0 Å². The number of rotatable bonds is 5. The quantitative estimate of drug-likeness (QED) is 0.780. The molecule has 0 aliphatic carbocycles. The van der Waals surface area contributed by atoms with Gasteiger partial charge in [0.05, 0.1) is 17.4 Å². The van der Waals surface area contributed by atoms with Crippen molar-refractivity contribution >= 4 is 28.7 Å². The van der Waals surface area contributed by atoms with E-state index in [2.05, 4.69) is 31.3 Å². The van der Waals surface area contributed by atoms with Crippen LogP contribution in [0.15, 0.2) is 52.7 Å². The molecule has 3 rings (SSSR count). The van der Waals surface area contributed by atoms with Crippen LogP contribution in [0.3, 0.4) is 0 Å². The average Bonchev–Trinajstić information content (AvgIpc) is 2.62. The molecule has 1 aliphatic rings. The third-order valence-corrected chi connectivity index (χ3v) is 4.48. The second kappa shape index (κ2) is 8.16. The van der Waals surface area contributed by atoms with Crippen molar-refractivity contribution < 1.29 is 0 Å². The van der Waals surface area contributed by atoms with Crippen LogP contribution in [0.5, 0.6) is 0 Å². The molecule has 7 nitrogen and oxygen atoms in total. The molecule has 1 aromatic heterocycles. The van der Waals surface area contributed by atoms with Gasteiger partial charge in [-0.05, 0) is 30.5 Å². The smallest absolute Gasteiger partial charge is 0.258 e. The van der Waals surface area contributed by atoms with E-state index in [9.17, 15) is 4.79 Å². The van der Waals surface area contributed by atoms with Crippen LogP contribution in [0.2, 0.25) is 5.02 Å². The molecule has 26 heavy (non-hydrogen) atoms. The molecular formula is C18H21ClN6O. The Morgan fingerprint density at radius 1 is 1.38 bits per heavy atom. The summed E-state index contributed by atoms with van der Waals surface area (Å²) in [5, 5.41) is 1.11. The molecule has 8 heteroatoms. The Hall–Kier alpha value is -2.64. The lowest BCUT2D eigenvalue weighted by Crippen LogP contribution is -2.45. The molecule has 0 unspecified atom stereocenters. The monoisotopic (exact) mass is 372 g/mol. The fraction of sp³-hybridized carbons (Fsp3) is 0.278. The van der Waals surface area contributed by atoms with Gasteiger partial charge in [-0.15, -0.1) is 0 Å². The Bertz CT molecular complexity index is 912. The first kappa shape index (κ1) is 18.2. The average molecular weight is 373 g/mol. The van der Waals surface area contributed by atoms with Crippen molar-refractivity contribution in [1.82, 2.24) is 19.8 Å². The third-order valence-electron chi connectivity index (χ3n) is 4.25. The van der Waals surface area contributed by atoms with Gasteiger partial charge in [-0.2, -0.15) is 0 Å². The Labute approximate surface area is 156 Å². The summed E-state index contributed by atoms with van der Waals surface area (Å²) in [7, 11) is 0. The third kappa shape index (κ3) is 4.30. The molecule has 0 spiro atoms. The number of H-pyrrole nitrogens is 1. The Morgan fingerprint density at radius 3 is 2.88 bits per heavy atom. The normalized spacial score (nSPS) is 16.1.